The normalized spacial score (nSPS) is 22.6. The number of hydrogen-bond donors (Lipinski definition) is 1. The Labute approximate surface area is 106 Å². The van der Waals surface area contributed by atoms with E-state index in [4.69, 9.17) is 0 Å². The number of anilines is 1. The highest BCUT2D eigenvalue weighted by molar-refractivity contribution is 5.46. The van der Waals surface area contributed by atoms with Crippen molar-refractivity contribution in [2.24, 2.45) is 5.41 Å². The van der Waals surface area contributed by atoms with Crippen molar-refractivity contribution in [3.63, 3.8) is 0 Å². The van der Waals surface area contributed by atoms with E-state index < -0.39 is 0 Å². The molecule has 0 saturated heterocycles. The van der Waals surface area contributed by atoms with Crippen LogP contribution in [-0.4, -0.2) is 6.04 Å². The second kappa shape index (κ2) is 5.12. The molecule has 0 aliphatic heterocycles. The molecule has 1 aromatic carbocycles. The van der Waals surface area contributed by atoms with Gasteiger partial charge in [-0.1, -0.05) is 45.7 Å². The van der Waals surface area contributed by atoms with Gasteiger partial charge < -0.3 is 5.32 Å². The molecule has 1 aromatic rings. The lowest BCUT2D eigenvalue weighted by Crippen LogP contribution is -2.30. The molecule has 0 spiro atoms. The summed E-state index contributed by atoms with van der Waals surface area (Å²) < 4.78 is 0. The molecule has 0 amide bonds. The second-order valence-electron chi connectivity index (χ2n) is 6.02. The number of aryl methyl sites for hydroxylation is 1. The average molecular weight is 231 g/mol. The highest BCUT2D eigenvalue weighted by atomic mass is 14.9. The molecule has 1 aliphatic rings. The Kier molecular flexibility index (Phi) is 3.76. The van der Waals surface area contributed by atoms with Crippen molar-refractivity contribution in [2.75, 3.05) is 5.32 Å². The fraction of sp³-hybridized carbons (Fsp3) is 0.625. The first-order chi connectivity index (χ1) is 8.12. The van der Waals surface area contributed by atoms with Crippen LogP contribution in [0.5, 0.6) is 0 Å². The summed E-state index contributed by atoms with van der Waals surface area (Å²) in [6.45, 7) is 6.99. The molecule has 1 unspecified atom stereocenters. The Hall–Kier alpha value is -0.980. The molecule has 0 heterocycles. The third kappa shape index (κ3) is 3.02. The van der Waals surface area contributed by atoms with Crippen molar-refractivity contribution in [3.05, 3.63) is 29.8 Å². The molecule has 1 saturated carbocycles. The van der Waals surface area contributed by atoms with Crippen LogP contribution in [-0.2, 0) is 6.42 Å². The van der Waals surface area contributed by atoms with Gasteiger partial charge in [-0.25, -0.2) is 0 Å². The average Bonchev–Trinajstić information content (AvgIpc) is 2.62. The van der Waals surface area contributed by atoms with Gasteiger partial charge in [0.05, 0.1) is 0 Å². The molecular formula is C16H25N. The van der Waals surface area contributed by atoms with E-state index in [2.05, 4.69) is 50.4 Å². The smallest absolute Gasteiger partial charge is 0.0342 e. The van der Waals surface area contributed by atoms with E-state index in [1.165, 1.54) is 43.4 Å². The van der Waals surface area contributed by atoms with Gasteiger partial charge in [0.2, 0.25) is 0 Å². The number of rotatable bonds is 4. The van der Waals surface area contributed by atoms with Crippen LogP contribution in [0.25, 0.3) is 0 Å². The molecule has 1 N–H and O–H groups in total. The molecule has 94 valence electrons. The van der Waals surface area contributed by atoms with Crippen molar-refractivity contribution < 1.29 is 0 Å². The zero-order chi connectivity index (χ0) is 12.3. The quantitative estimate of drug-likeness (QED) is 0.796. The fourth-order valence-corrected chi connectivity index (χ4v) is 2.85. The minimum Gasteiger partial charge on any atom is -0.382 e. The molecule has 2 rings (SSSR count). The number of nitrogens with one attached hydrogen (secondary N) is 1. The van der Waals surface area contributed by atoms with E-state index in [9.17, 15) is 0 Å². The van der Waals surface area contributed by atoms with Crippen LogP contribution >= 0.6 is 0 Å². The van der Waals surface area contributed by atoms with Crippen LogP contribution in [0.1, 0.15) is 52.0 Å². The Bertz CT molecular complexity index is 350. The fourth-order valence-electron chi connectivity index (χ4n) is 2.85. The van der Waals surface area contributed by atoms with Gasteiger partial charge in [0.1, 0.15) is 0 Å². The molecular weight excluding hydrogens is 206 g/mol. The lowest BCUT2D eigenvalue weighted by molar-refractivity contribution is 0.350. The van der Waals surface area contributed by atoms with Gasteiger partial charge in [-0.15, -0.1) is 0 Å². The monoisotopic (exact) mass is 231 g/mol. The maximum absolute atomic E-state index is 3.70. The predicted octanol–water partition coefficient (Wildman–Crippen LogP) is 4.63. The zero-order valence-electron chi connectivity index (χ0n) is 11.4. The summed E-state index contributed by atoms with van der Waals surface area (Å²) >= 11 is 0. The van der Waals surface area contributed by atoms with E-state index in [1.807, 2.05) is 0 Å². The molecule has 0 radical (unpaired) electrons. The topological polar surface area (TPSA) is 12.0 Å². The van der Waals surface area contributed by atoms with Crippen molar-refractivity contribution in [2.45, 2.75) is 58.9 Å². The van der Waals surface area contributed by atoms with Gasteiger partial charge in [-0.3, -0.25) is 0 Å². The molecule has 1 heteroatoms. The summed E-state index contributed by atoms with van der Waals surface area (Å²) in [4.78, 5) is 0. The first-order valence-electron chi connectivity index (χ1n) is 6.97. The van der Waals surface area contributed by atoms with Gasteiger partial charge in [-0.05, 0) is 42.4 Å². The largest absolute Gasteiger partial charge is 0.382 e. The van der Waals surface area contributed by atoms with Crippen molar-refractivity contribution >= 4 is 5.69 Å². The van der Waals surface area contributed by atoms with Gasteiger partial charge in [0.25, 0.3) is 0 Å². The maximum atomic E-state index is 3.70. The molecule has 1 atom stereocenters. The molecule has 0 aromatic heterocycles. The standard InChI is InChI=1S/C16H25N/c1-4-6-13-8-10-14(11-9-13)17-15-7-5-12-16(15,2)3/h8-11,15,17H,4-7,12H2,1-3H3. The predicted molar refractivity (Wildman–Crippen MR) is 75.5 cm³/mol. The lowest BCUT2D eigenvalue weighted by atomic mass is 9.87. The minimum atomic E-state index is 0.447. The Morgan fingerprint density at radius 1 is 1.24 bits per heavy atom. The molecule has 17 heavy (non-hydrogen) atoms. The summed E-state index contributed by atoms with van der Waals surface area (Å²) in [5.74, 6) is 0. The van der Waals surface area contributed by atoms with E-state index in [0.717, 1.165) is 0 Å². The van der Waals surface area contributed by atoms with Crippen LogP contribution in [0.3, 0.4) is 0 Å². The van der Waals surface area contributed by atoms with Crippen LogP contribution in [0, 0.1) is 5.41 Å². The van der Waals surface area contributed by atoms with Crippen molar-refractivity contribution in [1.29, 1.82) is 0 Å². The number of benzene rings is 1. The number of hydrogen-bond acceptors (Lipinski definition) is 1. The highest BCUT2D eigenvalue weighted by Crippen LogP contribution is 2.38. The van der Waals surface area contributed by atoms with E-state index >= 15 is 0 Å². The summed E-state index contributed by atoms with van der Waals surface area (Å²) in [5.41, 5.74) is 3.18. The third-order valence-electron chi connectivity index (χ3n) is 4.09. The van der Waals surface area contributed by atoms with E-state index in [0.29, 0.717) is 11.5 Å². The summed E-state index contributed by atoms with van der Waals surface area (Å²) in [5, 5.41) is 3.70. The van der Waals surface area contributed by atoms with E-state index in [-0.39, 0.29) is 0 Å². The summed E-state index contributed by atoms with van der Waals surface area (Å²) in [6, 6.07) is 9.62. The van der Waals surface area contributed by atoms with Gasteiger partial charge in [-0.2, -0.15) is 0 Å². The highest BCUT2D eigenvalue weighted by Gasteiger charge is 2.34. The maximum Gasteiger partial charge on any atom is 0.0342 e. The Balaban J connectivity index is 1.99. The zero-order valence-corrected chi connectivity index (χ0v) is 11.4. The third-order valence-corrected chi connectivity index (χ3v) is 4.09. The second-order valence-corrected chi connectivity index (χ2v) is 6.02. The van der Waals surface area contributed by atoms with Crippen LogP contribution in [0.2, 0.25) is 0 Å². The molecule has 1 fully saturated rings. The van der Waals surface area contributed by atoms with E-state index in [1.54, 1.807) is 0 Å². The Morgan fingerprint density at radius 2 is 1.94 bits per heavy atom. The SMILES string of the molecule is CCCc1ccc(NC2CCCC2(C)C)cc1. The van der Waals surface area contributed by atoms with Crippen LogP contribution in [0.4, 0.5) is 5.69 Å². The molecule has 1 nitrogen and oxygen atoms in total. The first-order valence-corrected chi connectivity index (χ1v) is 6.97. The first kappa shape index (κ1) is 12.5. The Morgan fingerprint density at radius 3 is 2.47 bits per heavy atom. The lowest BCUT2D eigenvalue weighted by Gasteiger charge is -2.28. The van der Waals surface area contributed by atoms with Crippen LogP contribution in [0.15, 0.2) is 24.3 Å². The van der Waals surface area contributed by atoms with Gasteiger partial charge in [0, 0.05) is 11.7 Å². The van der Waals surface area contributed by atoms with Gasteiger partial charge >= 0.3 is 0 Å². The van der Waals surface area contributed by atoms with Crippen molar-refractivity contribution in [3.8, 4) is 0 Å². The molecule has 0 bridgehead atoms. The summed E-state index contributed by atoms with van der Waals surface area (Å²) in [6.07, 6.45) is 6.43. The minimum absolute atomic E-state index is 0.447. The van der Waals surface area contributed by atoms with Crippen LogP contribution < -0.4 is 5.32 Å². The van der Waals surface area contributed by atoms with Crippen molar-refractivity contribution in [1.82, 2.24) is 0 Å². The van der Waals surface area contributed by atoms with Gasteiger partial charge in [0.15, 0.2) is 0 Å². The summed E-state index contributed by atoms with van der Waals surface area (Å²) in [7, 11) is 0. The molecule has 1 aliphatic carbocycles.